The standard InChI is InChI=1S/C19H19NO2/c1-12-6-5-7-15-16(12)20-17(22-18(15)21)13-8-10-14(11-9-13)19(2,3)4/h5-11H,1-4H3. The smallest absolute Gasteiger partial charge is 0.347 e. The number of hydrogen-bond donors (Lipinski definition) is 0. The van der Waals surface area contributed by atoms with Crippen LogP contribution < -0.4 is 5.63 Å². The van der Waals surface area contributed by atoms with E-state index in [1.807, 2.05) is 31.2 Å². The zero-order valence-electron chi connectivity index (χ0n) is 13.3. The molecule has 3 aromatic rings. The SMILES string of the molecule is Cc1cccc2c(=O)oc(-c3ccc(C(C)(C)C)cc3)nc12. The second-order valence-electron chi connectivity index (χ2n) is 6.60. The lowest BCUT2D eigenvalue weighted by Crippen LogP contribution is -2.10. The van der Waals surface area contributed by atoms with Crippen molar-refractivity contribution >= 4 is 10.9 Å². The second-order valence-corrected chi connectivity index (χ2v) is 6.60. The van der Waals surface area contributed by atoms with Gasteiger partial charge in [-0.25, -0.2) is 9.78 Å². The van der Waals surface area contributed by atoms with Crippen molar-refractivity contribution < 1.29 is 4.42 Å². The third-order valence-corrected chi connectivity index (χ3v) is 3.86. The van der Waals surface area contributed by atoms with E-state index < -0.39 is 0 Å². The molecular weight excluding hydrogens is 274 g/mol. The van der Waals surface area contributed by atoms with Gasteiger partial charge in [-0.3, -0.25) is 0 Å². The summed E-state index contributed by atoms with van der Waals surface area (Å²) in [6.07, 6.45) is 0. The highest BCUT2D eigenvalue weighted by atomic mass is 16.4. The normalized spacial score (nSPS) is 11.8. The van der Waals surface area contributed by atoms with Gasteiger partial charge in [0.15, 0.2) is 0 Å². The molecule has 112 valence electrons. The molecule has 0 radical (unpaired) electrons. The Morgan fingerprint density at radius 3 is 2.32 bits per heavy atom. The first kappa shape index (κ1) is 14.5. The molecule has 22 heavy (non-hydrogen) atoms. The number of benzene rings is 2. The molecule has 0 aliphatic heterocycles. The monoisotopic (exact) mass is 293 g/mol. The van der Waals surface area contributed by atoms with Gasteiger partial charge in [0.2, 0.25) is 5.89 Å². The lowest BCUT2D eigenvalue weighted by atomic mass is 9.87. The quantitative estimate of drug-likeness (QED) is 0.665. The fourth-order valence-electron chi connectivity index (χ4n) is 2.48. The average molecular weight is 293 g/mol. The summed E-state index contributed by atoms with van der Waals surface area (Å²) in [6.45, 7) is 8.44. The summed E-state index contributed by atoms with van der Waals surface area (Å²) in [5.74, 6) is 0.368. The Labute approximate surface area is 129 Å². The first-order valence-corrected chi connectivity index (χ1v) is 7.37. The molecule has 0 saturated heterocycles. The van der Waals surface area contributed by atoms with Gasteiger partial charge in [-0.05, 0) is 41.7 Å². The predicted molar refractivity (Wildman–Crippen MR) is 89.2 cm³/mol. The van der Waals surface area contributed by atoms with Crippen LogP contribution >= 0.6 is 0 Å². The van der Waals surface area contributed by atoms with Crippen molar-refractivity contribution in [3.05, 3.63) is 64.0 Å². The van der Waals surface area contributed by atoms with Crippen molar-refractivity contribution in [1.82, 2.24) is 4.98 Å². The van der Waals surface area contributed by atoms with Crippen LogP contribution in [-0.2, 0) is 5.41 Å². The number of para-hydroxylation sites is 1. The van der Waals surface area contributed by atoms with Crippen molar-refractivity contribution in [3.8, 4) is 11.5 Å². The van der Waals surface area contributed by atoms with Crippen LogP contribution in [0.3, 0.4) is 0 Å². The maximum absolute atomic E-state index is 12.1. The Morgan fingerprint density at radius 1 is 1.00 bits per heavy atom. The zero-order chi connectivity index (χ0) is 15.9. The summed E-state index contributed by atoms with van der Waals surface area (Å²) >= 11 is 0. The summed E-state index contributed by atoms with van der Waals surface area (Å²) in [5.41, 5.74) is 3.47. The molecule has 0 amide bonds. The number of aryl methyl sites for hydroxylation is 1. The molecule has 0 aliphatic carbocycles. The minimum atomic E-state index is -0.344. The molecule has 0 spiro atoms. The molecule has 1 aromatic heterocycles. The van der Waals surface area contributed by atoms with Gasteiger partial charge in [-0.1, -0.05) is 45.0 Å². The lowest BCUT2D eigenvalue weighted by Gasteiger charge is -2.18. The van der Waals surface area contributed by atoms with Crippen LogP contribution in [0.15, 0.2) is 51.7 Å². The van der Waals surface area contributed by atoms with Crippen LogP contribution in [0.5, 0.6) is 0 Å². The van der Waals surface area contributed by atoms with Crippen molar-refractivity contribution in [1.29, 1.82) is 0 Å². The molecule has 0 fully saturated rings. The van der Waals surface area contributed by atoms with Crippen molar-refractivity contribution in [3.63, 3.8) is 0 Å². The highest BCUT2D eigenvalue weighted by Crippen LogP contribution is 2.26. The predicted octanol–water partition coefficient (Wildman–Crippen LogP) is 4.46. The number of rotatable bonds is 1. The molecule has 0 aliphatic rings. The van der Waals surface area contributed by atoms with E-state index >= 15 is 0 Å². The van der Waals surface area contributed by atoms with Crippen LogP contribution in [0.25, 0.3) is 22.4 Å². The third-order valence-electron chi connectivity index (χ3n) is 3.86. The van der Waals surface area contributed by atoms with E-state index in [1.165, 1.54) is 5.56 Å². The van der Waals surface area contributed by atoms with Gasteiger partial charge < -0.3 is 4.42 Å². The average Bonchev–Trinajstić information content (AvgIpc) is 2.47. The van der Waals surface area contributed by atoms with Crippen molar-refractivity contribution in [2.24, 2.45) is 0 Å². The molecule has 0 atom stereocenters. The summed E-state index contributed by atoms with van der Waals surface area (Å²) in [4.78, 5) is 16.7. The second kappa shape index (κ2) is 5.09. The van der Waals surface area contributed by atoms with E-state index in [9.17, 15) is 4.79 Å². The fourth-order valence-corrected chi connectivity index (χ4v) is 2.48. The van der Waals surface area contributed by atoms with Crippen molar-refractivity contribution in [2.45, 2.75) is 33.1 Å². The minimum Gasteiger partial charge on any atom is -0.403 e. The molecular formula is C19H19NO2. The van der Waals surface area contributed by atoms with Gasteiger partial charge >= 0.3 is 5.63 Å². The summed E-state index contributed by atoms with van der Waals surface area (Å²) in [7, 11) is 0. The van der Waals surface area contributed by atoms with E-state index in [1.54, 1.807) is 6.07 Å². The molecule has 3 nitrogen and oxygen atoms in total. The summed E-state index contributed by atoms with van der Waals surface area (Å²) in [5, 5.41) is 0.523. The molecule has 0 saturated carbocycles. The van der Waals surface area contributed by atoms with E-state index in [0.29, 0.717) is 16.8 Å². The topological polar surface area (TPSA) is 43.1 Å². The summed E-state index contributed by atoms with van der Waals surface area (Å²) < 4.78 is 5.39. The van der Waals surface area contributed by atoms with E-state index in [-0.39, 0.29) is 11.0 Å². The molecule has 0 bridgehead atoms. The van der Waals surface area contributed by atoms with Gasteiger partial charge in [-0.2, -0.15) is 0 Å². The Kier molecular flexibility index (Phi) is 3.36. The van der Waals surface area contributed by atoms with Crippen LogP contribution in [0, 0.1) is 6.92 Å². The minimum absolute atomic E-state index is 0.0900. The number of aromatic nitrogens is 1. The van der Waals surface area contributed by atoms with E-state index in [0.717, 1.165) is 11.1 Å². The van der Waals surface area contributed by atoms with Gasteiger partial charge in [0, 0.05) is 5.56 Å². The maximum atomic E-state index is 12.1. The Morgan fingerprint density at radius 2 is 1.68 bits per heavy atom. The van der Waals surface area contributed by atoms with Crippen LogP contribution in [0.1, 0.15) is 31.9 Å². The Bertz CT molecular complexity index is 884. The van der Waals surface area contributed by atoms with E-state index in [4.69, 9.17) is 4.42 Å². The lowest BCUT2D eigenvalue weighted by molar-refractivity contribution is 0.518. The Hall–Kier alpha value is -2.42. The maximum Gasteiger partial charge on any atom is 0.347 e. The number of nitrogens with zero attached hydrogens (tertiary/aromatic N) is 1. The molecule has 3 rings (SSSR count). The van der Waals surface area contributed by atoms with Crippen LogP contribution in [0.2, 0.25) is 0 Å². The highest BCUT2D eigenvalue weighted by molar-refractivity contribution is 5.81. The largest absolute Gasteiger partial charge is 0.403 e. The summed E-state index contributed by atoms with van der Waals surface area (Å²) in [6, 6.07) is 13.5. The molecule has 0 N–H and O–H groups in total. The van der Waals surface area contributed by atoms with Crippen LogP contribution in [0.4, 0.5) is 0 Å². The third kappa shape index (κ3) is 2.54. The van der Waals surface area contributed by atoms with Crippen LogP contribution in [-0.4, -0.2) is 4.98 Å². The van der Waals surface area contributed by atoms with Gasteiger partial charge in [0.25, 0.3) is 0 Å². The number of fused-ring (bicyclic) bond motifs is 1. The number of hydrogen-bond acceptors (Lipinski definition) is 3. The first-order chi connectivity index (χ1) is 10.4. The van der Waals surface area contributed by atoms with Crippen molar-refractivity contribution in [2.75, 3.05) is 0 Å². The zero-order valence-corrected chi connectivity index (χ0v) is 13.3. The first-order valence-electron chi connectivity index (χ1n) is 7.37. The fraction of sp³-hybridized carbons (Fsp3) is 0.263. The Balaban J connectivity index is 2.15. The molecule has 1 heterocycles. The molecule has 2 aromatic carbocycles. The van der Waals surface area contributed by atoms with E-state index in [2.05, 4.69) is 37.9 Å². The van der Waals surface area contributed by atoms with Gasteiger partial charge in [0.1, 0.15) is 0 Å². The molecule has 0 unspecified atom stereocenters. The van der Waals surface area contributed by atoms with Gasteiger partial charge in [0.05, 0.1) is 10.9 Å². The molecule has 3 heteroatoms. The van der Waals surface area contributed by atoms with Gasteiger partial charge in [-0.15, -0.1) is 0 Å². The highest BCUT2D eigenvalue weighted by Gasteiger charge is 2.14.